The predicted octanol–water partition coefficient (Wildman–Crippen LogP) is 1.23. The van der Waals surface area contributed by atoms with Crippen LogP contribution < -0.4 is 20.1 Å². The number of methoxy groups -OCH3 is 3. The van der Waals surface area contributed by atoms with Crippen LogP contribution in [0.1, 0.15) is 13.3 Å². The number of amides is 2. The molecule has 2 rings (SSSR count). The van der Waals surface area contributed by atoms with Crippen LogP contribution in [0.3, 0.4) is 0 Å². The van der Waals surface area contributed by atoms with Crippen molar-refractivity contribution in [3.8, 4) is 11.5 Å². The van der Waals surface area contributed by atoms with Gasteiger partial charge in [0.1, 0.15) is 11.5 Å². The molecule has 0 saturated heterocycles. The van der Waals surface area contributed by atoms with E-state index in [9.17, 15) is 14.4 Å². The van der Waals surface area contributed by atoms with Gasteiger partial charge in [0.05, 0.1) is 38.5 Å². The zero-order chi connectivity index (χ0) is 18.6. The Labute approximate surface area is 145 Å². The molecule has 1 aliphatic rings. The van der Waals surface area contributed by atoms with Crippen molar-refractivity contribution in [2.45, 2.75) is 13.3 Å². The van der Waals surface area contributed by atoms with E-state index in [4.69, 9.17) is 14.2 Å². The topological polar surface area (TPSA) is 103 Å². The quantitative estimate of drug-likeness (QED) is 0.776. The lowest BCUT2D eigenvalue weighted by Crippen LogP contribution is -2.40. The Balaban J connectivity index is 2.31. The number of ether oxygens (including phenoxy) is 3. The first-order valence-corrected chi connectivity index (χ1v) is 7.53. The molecule has 0 aliphatic carbocycles. The Hall–Kier alpha value is -3.03. The molecule has 25 heavy (non-hydrogen) atoms. The largest absolute Gasteiger partial charge is 0.497 e. The molecule has 1 atom stereocenters. The first-order valence-electron chi connectivity index (χ1n) is 7.53. The molecule has 2 N–H and O–H groups in total. The van der Waals surface area contributed by atoms with Crippen LogP contribution in [0.2, 0.25) is 0 Å². The summed E-state index contributed by atoms with van der Waals surface area (Å²) in [6.45, 7) is 1.55. The van der Waals surface area contributed by atoms with E-state index in [1.54, 1.807) is 25.1 Å². The van der Waals surface area contributed by atoms with Gasteiger partial charge in [-0.1, -0.05) is 0 Å². The number of benzene rings is 1. The Morgan fingerprint density at radius 2 is 1.92 bits per heavy atom. The minimum atomic E-state index is -0.951. The van der Waals surface area contributed by atoms with E-state index in [0.29, 0.717) is 22.9 Å². The maximum atomic E-state index is 12.7. The van der Waals surface area contributed by atoms with Crippen molar-refractivity contribution in [3.05, 3.63) is 29.5 Å². The average molecular weight is 348 g/mol. The van der Waals surface area contributed by atoms with Crippen LogP contribution in [-0.2, 0) is 19.1 Å². The molecule has 1 aromatic carbocycles. The smallest absolute Gasteiger partial charge is 0.336 e. The first-order chi connectivity index (χ1) is 11.9. The van der Waals surface area contributed by atoms with Crippen molar-refractivity contribution in [3.63, 3.8) is 0 Å². The molecule has 1 heterocycles. The van der Waals surface area contributed by atoms with Gasteiger partial charge in [-0.05, 0) is 19.1 Å². The fourth-order valence-corrected chi connectivity index (χ4v) is 2.63. The van der Waals surface area contributed by atoms with E-state index in [1.165, 1.54) is 21.3 Å². The first kappa shape index (κ1) is 18.3. The molecule has 1 aliphatic heterocycles. The third kappa shape index (κ3) is 3.90. The third-order valence-electron chi connectivity index (χ3n) is 3.86. The SMILES string of the molecule is COC(=O)C1=C(C)NC(=O)CC1C(=O)Nc1ccc(OC)cc1OC. The standard InChI is InChI=1S/C17H20N2O6/c1-9-15(17(22)25-4)11(8-14(20)18-9)16(21)19-12-6-5-10(23-2)7-13(12)24-3/h5-7,11H,8H2,1-4H3,(H,18,20)(H,19,21). The third-order valence-corrected chi connectivity index (χ3v) is 3.86. The lowest BCUT2D eigenvalue weighted by molar-refractivity contribution is -0.139. The van der Waals surface area contributed by atoms with Gasteiger partial charge in [0, 0.05) is 18.2 Å². The molecular formula is C17H20N2O6. The summed E-state index contributed by atoms with van der Waals surface area (Å²) in [5, 5.41) is 5.24. The van der Waals surface area contributed by atoms with Gasteiger partial charge in [-0.15, -0.1) is 0 Å². The zero-order valence-electron chi connectivity index (χ0n) is 14.5. The Kier molecular flexibility index (Phi) is 5.63. The van der Waals surface area contributed by atoms with E-state index in [-0.39, 0.29) is 17.9 Å². The van der Waals surface area contributed by atoms with Crippen LogP contribution in [0.4, 0.5) is 5.69 Å². The second-order valence-corrected chi connectivity index (χ2v) is 5.39. The highest BCUT2D eigenvalue weighted by molar-refractivity contribution is 6.06. The van der Waals surface area contributed by atoms with Gasteiger partial charge >= 0.3 is 5.97 Å². The fourth-order valence-electron chi connectivity index (χ4n) is 2.63. The molecule has 0 fully saturated rings. The summed E-state index contributed by atoms with van der Waals surface area (Å²) in [6.07, 6.45) is -0.147. The summed E-state index contributed by atoms with van der Waals surface area (Å²) in [5.74, 6) is -1.48. The number of carbonyl (C=O) groups is 3. The molecule has 0 saturated carbocycles. The number of hydrogen-bond donors (Lipinski definition) is 2. The van der Waals surface area contributed by atoms with E-state index >= 15 is 0 Å². The molecule has 1 aromatic rings. The lowest BCUT2D eigenvalue weighted by Gasteiger charge is -2.25. The van der Waals surface area contributed by atoms with Crippen molar-refractivity contribution in [2.24, 2.45) is 5.92 Å². The summed E-state index contributed by atoms with van der Waals surface area (Å²) >= 11 is 0. The maximum Gasteiger partial charge on any atom is 0.336 e. The number of nitrogens with one attached hydrogen (secondary N) is 2. The Morgan fingerprint density at radius 3 is 2.52 bits per heavy atom. The van der Waals surface area contributed by atoms with Gasteiger partial charge < -0.3 is 24.8 Å². The normalized spacial score (nSPS) is 16.8. The van der Waals surface area contributed by atoms with Gasteiger partial charge in [-0.3, -0.25) is 9.59 Å². The lowest BCUT2D eigenvalue weighted by atomic mass is 9.89. The molecule has 0 spiro atoms. The average Bonchev–Trinajstić information content (AvgIpc) is 2.60. The second-order valence-electron chi connectivity index (χ2n) is 5.39. The Morgan fingerprint density at radius 1 is 1.20 bits per heavy atom. The molecular weight excluding hydrogens is 328 g/mol. The van der Waals surface area contributed by atoms with Crippen molar-refractivity contribution in [1.82, 2.24) is 5.32 Å². The highest BCUT2D eigenvalue weighted by atomic mass is 16.5. The van der Waals surface area contributed by atoms with Gasteiger partial charge in [0.2, 0.25) is 11.8 Å². The van der Waals surface area contributed by atoms with Crippen molar-refractivity contribution >= 4 is 23.5 Å². The number of hydrogen-bond acceptors (Lipinski definition) is 6. The summed E-state index contributed by atoms with van der Waals surface area (Å²) < 4.78 is 15.1. The van der Waals surface area contributed by atoms with Crippen molar-refractivity contribution in [1.29, 1.82) is 0 Å². The van der Waals surface area contributed by atoms with Crippen LogP contribution in [-0.4, -0.2) is 39.1 Å². The van der Waals surface area contributed by atoms with Crippen molar-refractivity contribution in [2.75, 3.05) is 26.6 Å². The van der Waals surface area contributed by atoms with E-state index in [1.807, 2.05) is 0 Å². The van der Waals surface area contributed by atoms with Crippen molar-refractivity contribution < 1.29 is 28.6 Å². The number of allylic oxidation sites excluding steroid dienone is 1. The van der Waals surface area contributed by atoms with E-state index < -0.39 is 17.8 Å². The van der Waals surface area contributed by atoms with Gasteiger partial charge in [-0.2, -0.15) is 0 Å². The summed E-state index contributed by atoms with van der Waals surface area (Å²) in [4.78, 5) is 36.5. The summed E-state index contributed by atoms with van der Waals surface area (Å²) in [6, 6.07) is 4.90. The highest BCUT2D eigenvalue weighted by Crippen LogP contribution is 2.31. The van der Waals surface area contributed by atoms with E-state index in [2.05, 4.69) is 10.6 Å². The van der Waals surface area contributed by atoms with Gasteiger partial charge in [-0.25, -0.2) is 4.79 Å². The molecule has 0 aromatic heterocycles. The Bertz CT molecular complexity index is 741. The maximum absolute atomic E-state index is 12.7. The van der Waals surface area contributed by atoms with Crippen LogP contribution in [0, 0.1) is 5.92 Å². The number of rotatable bonds is 5. The number of anilines is 1. The molecule has 8 heteroatoms. The fraction of sp³-hybridized carbons (Fsp3) is 0.353. The van der Waals surface area contributed by atoms with Crippen LogP contribution in [0.5, 0.6) is 11.5 Å². The molecule has 1 unspecified atom stereocenters. The number of carbonyl (C=O) groups excluding carboxylic acids is 3. The molecule has 0 bridgehead atoms. The minimum absolute atomic E-state index is 0.132. The number of esters is 1. The summed E-state index contributed by atoms with van der Waals surface area (Å²) in [5.41, 5.74) is 0.846. The molecule has 8 nitrogen and oxygen atoms in total. The van der Waals surface area contributed by atoms with Crippen LogP contribution in [0.15, 0.2) is 29.5 Å². The predicted molar refractivity (Wildman–Crippen MR) is 89.1 cm³/mol. The highest BCUT2D eigenvalue weighted by Gasteiger charge is 2.36. The zero-order valence-corrected chi connectivity index (χ0v) is 14.5. The van der Waals surface area contributed by atoms with Gasteiger partial charge in [0.15, 0.2) is 0 Å². The molecule has 0 radical (unpaired) electrons. The molecule has 134 valence electrons. The summed E-state index contributed by atoms with van der Waals surface area (Å²) in [7, 11) is 4.20. The molecule has 2 amide bonds. The van der Waals surface area contributed by atoms with Crippen LogP contribution >= 0.6 is 0 Å². The second kappa shape index (κ2) is 7.69. The van der Waals surface area contributed by atoms with E-state index in [0.717, 1.165) is 0 Å². The van der Waals surface area contributed by atoms with Gasteiger partial charge in [0.25, 0.3) is 0 Å². The van der Waals surface area contributed by atoms with Crippen LogP contribution in [0.25, 0.3) is 0 Å². The minimum Gasteiger partial charge on any atom is -0.497 e. The monoisotopic (exact) mass is 348 g/mol.